The number of nitro groups is 1. The quantitative estimate of drug-likeness (QED) is 0.377. The Morgan fingerprint density at radius 3 is 2.48 bits per heavy atom. The van der Waals surface area contributed by atoms with Crippen molar-refractivity contribution in [2.24, 2.45) is 11.3 Å². The maximum absolute atomic E-state index is 12.9. The summed E-state index contributed by atoms with van der Waals surface area (Å²) in [7, 11) is 0. The fourth-order valence-electron chi connectivity index (χ4n) is 4.27. The lowest BCUT2D eigenvalue weighted by atomic mass is 9.75. The summed E-state index contributed by atoms with van der Waals surface area (Å²) in [6.07, 6.45) is 2.83. The van der Waals surface area contributed by atoms with Gasteiger partial charge in [-0.3, -0.25) is 10.1 Å². The van der Waals surface area contributed by atoms with Crippen LogP contribution in [0.3, 0.4) is 0 Å². The standard InChI is InChI=1S/C24H38N2O5/c1-8-17(23(2,3)4)15-21(30-19-12-9-11-18(16-19)26(28)29)20-13-10-14-25(20)22(27)31-24(5,6)7/h9,11-12,16-17,20-21H,8,10,13-15H2,1-7H3/t17?,20-,21?/m1/s1. The minimum absolute atomic E-state index is 0.00506. The van der Waals surface area contributed by atoms with Crippen LogP contribution in [0, 0.1) is 21.4 Å². The lowest BCUT2D eigenvalue weighted by Crippen LogP contribution is -2.48. The second-order valence-corrected chi connectivity index (χ2v) is 10.5. The first-order valence-electron chi connectivity index (χ1n) is 11.2. The maximum atomic E-state index is 12.9. The zero-order valence-corrected chi connectivity index (χ0v) is 20.0. The minimum Gasteiger partial charge on any atom is -0.488 e. The number of rotatable bonds is 7. The Hall–Kier alpha value is -2.31. The molecule has 2 unspecified atom stereocenters. The van der Waals surface area contributed by atoms with Crippen LogP contribution < -0.4 is 4.74 Å². The zero-order valence-electron chi connectivity index (χ0n) is 20.0. The van der Waals surface area contributed by atoms with Crippen LogP contribution in [-0.2, 0) is 4.74 Å². The third-order valence-electron chi connectivity index (χ3n) is 5.91. The van der Waals surface area contributed by atoms with E-state index >= 15 is 0 Å². The second kappa shape index (κ2) is 9.88. The summed E-state index contributed by atoms with van der Waals surface area (Å²) >= 11 is 0. The van der Waals surface area contributed by atoms with Gasteiger partial charge in [-0.15, -0.1) is 0 Å². The van der Waals surface area contributed by atoms with Gasteiger partial charge in [0.05, 0.1) is 17.0 Å². The smallest absolute Gasteiger partial charge is 0.410 e. The van der Waals surface area contributed by atoms with Crippen molar-refractivity contribution in [1.29, 1.82) is 0 Å². The molecule has 0 N–H and O–H groups in total. The summed E-state index contributed by atoms with van der Waals surface area (Å²) in [4.78, 5) is 25.4. The first-order valence-corrected chi connectivity index (χ1v) is 11.2. The molecule has 31 heavy (non-hydrogen) atoms. The zero-order chi connectivity index (χ0) is 23.4. The molecule has 1 aliphatic rings. The van der Waals surface area contributed by atoms with Gasteiger partial charge in [-0.05, 0) is 57.4 Å². The molecule has 0 saturated carbocycles. The largest absolute Gasteiger partial charge is 0.488 e. The fourth-order valence-corrected chi connectivity index (χ4v) is 4.27. The number of carbonyl (C=O) groups is 1. The van der Waals surface area contributed by atoms with E-state index in [2.05, 4.69) is 27.7 Å². The summed E-state index contributed by atoms with van der Waals surface area (Å²) in [5, 5.41) is 11.2. The summed E-state index contributed by atoms with van der Waals surface area (Å²) in [6.45, 7) is 15.0. The van der Waals surface area contributed by atoms with Crippen molar-refractivity contribution in [2.45, 2.75) is 91.9 Å². The molecule has 2 rings (SSSR count). The van der Waals surface area contributed by atoms with E-state index in [9.17, 15) is 14.9 Å². The molecule has 1 aromatic rings. The van der Waals surface area contributed by atoms with Crippen LogP contribution in [-0.4, -0.2) is 40.2 Å². The van der Waals surface area contributed by atoms with Crippen molar-refractivity contribution in [3.63, 3.8) is 0 Å². The number of non-ortho nitro benzene ring substituents is 1. The summed E-state index contributed by atoms with van der Waals surface area (Å²) in [5.41, 5.74) is -0.499. The predicted octanol–water partition coefficient (Wildman–Crippen LogP) is 6.20. The van der Waals surface area contributed by atoms with Crippen molar-refractivity contribution in [1.82, 2.24) is 4.90 Å². The van der Waals surface area contributed by atoms with Crippen molar-refractivity contribution >= 4 is 11.8 Å². The van der Waals surface area contributed by atoms with Gasteiger partial charge in [0.1, 0.15) is 17.5 Å². The fraction of sp³-hybridized carbons (Fsp3) is 0.708. The van der Waals surface area contributed by atoms with Crippen molar-refractivity contribution in [2.75, 3.05) is 6.54 Å². The highest BCUT2D eigenvalue weighted by Crippen LogP contribution is 2.37. The van der Waals surface area contributed by atoms with Gasteiger partial charge in [0, 0.05) is 12.6 Å². The van der Waals surface area contributed by atoms with E-state index in [1.807, 2.05) is 20.8 Å². The third-order valence-corrected chi connectivity index (χ3v) is 5.91. The van der Waals surface area contributed by atoms with Gasteiger partial charge in [0.2, 0.25) is 0 Å². The molecule has 0 radical (unpaired) electrons. The van der Waals surface area contributed by atoms with E-state index < -0.39 is 10.5 Å². The molecule has 3 atom stereocenters. The molecule has 1 saturated heterocycles. The number of nitrogens with zero attached hydrogens (tertiary/aromatic N) is 2. The summed E-state index contributed by atoms with van der Waals surface area (Å²) in [6, 6.07) is 6.15. The average Bonchev–Trinajstić information content (AvgIpc) is 3.12. The number of hydrogen-bond donors (Lipinski definition) is 0. The Balaban J connectivity index is 2.33. The van der Waals surface area contributed by atoms with Crippen LogP contribution in [0.1, 0.15) is 74.1 Å². The van der Waals surface area contributed by atoms with Gasteiger partial charge < -0.3 is 14.4 Å². The van der Waals surface area contributed by atoms with Gasteiger partial charge >= 0.3 is 6.09 Å². The summed E-state index contributed by atoms with van der Waals surface area (Å²) < 4.78 is 12.0. The monoisotopic (exact) mass is 434 g/mol. The number of hydrogen-bond acceptors (Lipinski definition) is 5. The molecular formula is C24H38N2O5. The highest BCUT2D eigenvalue weighted by Gasteiger charge is 2.40. The molecule has 0 spiro atoms. The molecule has 1 aliphatic heterocycles. The Morgan fingerprint density at radius 2 is 1.94 bits per heavy atom. The Bertz CT molecular complexity index is 766. The van der Waals surface area contributed by atoms with Crippen LogP contribution in [0.2, 0.25) is 0 Å². The molecule has 1 amide bonds. The number of amides is 1. The number of ether oxygens (including phenoxy) is 2. The lowest BCUT2D eigenvalue weighted by molar-refractivity contribution is -0.385. The normalized spacial score (nSPS) is 19.1. The van der Waals surface area contributed by atoms with E-state index in [-0.39, 0.29) is 29.3 Å². The highest BCUT2D eigenvalue weighted by atomic mass is 16.6. The van der Waals surface area contributed by atoms with Crippen molar-refractivity contribution in [3.05, 3.63) is 34.4 Å². The molecule has 1 heterocycles. The minimum atomic E-state index is -0.571. The first kappa shape index (κ1) is 25.0. The number of likely N-dealkylation sites (tertiary alicyclic amines) is 1. The van der Waals surface area contributed by atoms with E-state index in [0.29, 0.717) is 18.2 Å². The van der Waals surface area contributed by atoms with Gasteiger partial charge in [-0.25, -0.2) is 4.79 Å². The van der Waals surface area contributed by atoms with Crippen LogP contribution in [0.4, 0.5) is 10.5 Å². The molecule has 1 fully saturated rings. The molecule has 0 aromatic heterocycles. The molecule has 7 nitrogen and oxygen atoms in total. The molecule has 7 heteroatoms. The first-order chi connectivity index (χ1) is 14.3. The third kappa shape index (κ3) is 7.11. The highest BCUT2D eigenvalue weighted by molar-refractivity contribution is 5.69. The van der Waals surface area contributed by atoms with Crippen LogP contribution >= 0.6 is 0 Å². The molecule has 1 aromatic carbocycles. The van der Waals surface area contributed by atoms with Crippen molar-refractivity contribution < 1.29 is 19.2 Å². The van der Waals surface area contributed by atoms with Gasteiger partial charge in [-0.2, -0.15) is 0 Å². The Morgan fingerprint density at radius 1 is 1.26 bits per heavy atom. The van der Waals surface area contributed by atoms with Crippen LogP contribution in [0.25, 0.3) is 0 Å². The topological polar surface area (TPSA) is 81.9 Å². The van der Waals surface area contributed by atoms with E-state index in [4.69, 9.17) is 9.47 Å². The van der Waals surface area contributed by atoms with E-state index in [0.717, 1.165) is 25.7 Å². The molecule has 174 valence electrons. The predicted molar refractivity (Wildman–Crippen MR) is 121 cm³/mol. The SMILES string of the molecule is CCC(CC(Oc1cccc([N+](=O)[O-])c1)[C@H]1CCCN1C(=O)OC(C)(C)C)C(C)(C)C. The van der Waals surface area contributed by atoms with Gasteiger partial charge in [0.15, 0.2) is 0 Å². The Kier molecular flexibility index (Phi) is 7.95. The van der Waals surface area contributed by atoms with Gasteiger partial charge in [-0.1, -0.05) is 40.2 Å². The summed E-state index contributed by atoms with van der Waals surface area (Å²) in [5.74, 6) is 0.830. The van der Waals surface area contributed by atoms with Gasteiger partial charge in [0.25, 0.3) is 5.69 Å². The van der Waals surface area contributed by atoms with Crippen molar-refractivity contribution in [3.8, 4) is 5.75 Å². The Labute approximate surface area is 186 Å². The molecule has 0 bridgehead atoms. The van der Waals surface area contributed by atoms with E-state index in [1.165, 1.54) is 12.1 Å². The molecular weight excluding hydrogens is 396 g/mol. The maximum Gasteiger partial charge on any atom is 0.410 e. The number of carbonyl (C=O) groups excluding carboxylic acids is 1. The number of nitro benzene ring substituents is 1. The van der Waals surface area contributed by atoms with Crippen LogP contribution in [0.5, 0.6) is 5.75 Å². The van der Waals surface area contributed by atoms with Crippen LogP contribution in [0.15, 0.2) is 24.3 Å². The lowest BCUT2D eigenvalue weighted by Gasteiger charge is -2.38. The van der Waals surface area contributed by atoms with E-state index in [1.54, 1.807) is 17.0 Å². The molecule has 0 aliphatic carbocycles. The second-order valence-electron chi connectivity index (χ2n) is 10.5. The number of benzene rings is 1. The average molecular weight is 435 g/mol.